The van der Waals surface area contributed by atoms with Crippen LogP contribution in [0.4, 0.5) is 0 Å². The molecule has 0 aromatic rings. The number of rotatable bonds is 12. The summed E-state index contributed by atoms with van der Waals surface area (Å²) in [6.07, 6.45) is 0. The maximum atomic E-state index is 5.97. The van der Waals surface area contributed by atoms with E-state index in [9.17, 15) is 0 Å². The largest absolute Gasteiger partial charge is 0.332 e. The van der Waals surface area contributed by atoms with Crippen LogP contribution in [0, 0.1) is 5.41 Å². The van der Waals surface area contributed by atoms with Gasteiger partial charge in [0.25, 0.3) is 0 Å². The van der Waals surface area contributed by atoms with Crippen molar-refractivity contribution in [2.75, 3.05) is 53.4 Å². The number of alkyl halides is 2. The zero-order chi connectivity index (χ0) is 14.7. The Kier molecular flexibility index (Phi) is 12.6. The van der Waals surface area contributed by atoms with E-state index in [0.29, 0.717) is 0 Å². The van der Waals surface area contributed by atoms with E-state index in [1.54, 1.807) is 0 Å². The summed E-state index contributed by atoms with van der Waals surface area (Å²) in [6, 6.07) is 0. The smallest absolute Gasteiger partial charge is 0.316 e. The fraction of sp³-hybridized carbons (Fsp3) is 1.00. The summed E-state index contributed by atoms with van der Waals surface area (Å²) in [4.78, 5) is 0. The molecule has 0 unspecified atom stereocenters. The summed E-state index contributed by atoms with van der Waals surface area (Å²) in [5.74, 6) is 0.535. The van der Waals surface area contributed by atoms with Gasteiger partial charge in [0.15, 0.2) is 0 Å². The van der Waals surface area contributed by atoms with Gasteiger partial charge in [0.1, 0.15) is 0 Å². The molecule has 0 heterocycles. The van der Waals surface area contributed by atoms with E-state index in [1.807, 2.05) is 0 Å². The predicted molar refractivity (Wildman–Crippen MR) is 77.7 cm³/mol. The molecule has 0 aromatic carbocycles. The minimum atomic E-state index is -1.40. The van der Waals surface area contributed by atoms with Gasteiger partial charge in [-0.2, -0.15) is 0 Å². The van der Waals surface area contributed by atoms with Gasteiger partial charge in [-0.15, -0.1) is 23.2 Å². The van der Waals surface area contributed by atoms with E-state index >= 15 is 0 Å². The van der Waals surface area contributed by atoms with E-state index in [2.05, 4.69) is 0 Å². The molecule has 6 nitrogen and oxygen atoms in total. The normalized spacial score (nSPS) is 12.6. The molecule has 0 aromatic heterocycles. The zero-order valence-corrected chi connectivity index (χ0v) is 14.7. The molecule has 19 heavy (non-hydrogen) atoms. The Hall–Kier alpha value is 1.20. The Balaban J connectivity index is 4.39. The summed E-state index contributed by atoms with van der Waals surface area (Å²) < 4.78 is 31.0. The molecular weight excluding hydrogens is 337 g/mol. The van der Waals surface area contributed by atoms with Crippen molar-refractivity contribution in [2.45, 2.75) is 0 Å². The average Bonchev–Trinajstić information content (AvgIpc) is 2.47. The van der Waals surface area contributed by atoms with E-state index in [1.165, 1.54) is 28.4 Å². The molecule has 0 aliphatic rings. The second-order valence-corrected chi connectivity index (χ2v) is 6.90. The third-order valence-corrected chi connectivity index (χ3v) is 5.12. The number of hydrogen-bond donors (Lipinski definition) is 0. The van der Waals surface area contributed by atoms with Crippen molar-refractivity contribution in [2.24, 2.45) is 5.41 Å². The Labute approximate surface area is 126 Å². The van der Waals surface area contributed by atoms with Gasteiger partial charge in [-0.1, -0.05) is 0 Å². The monoisotopic (exact) mass is 356 g/mol. The van der Waals surface area contributed by atoms with Crippen LogP contribution in [0.5, 0.6) is 0 Å². The van der Waals surface area contributed by atoms with Crippen LogP contribution < -0.4 is 0 Å². The first-order valence-corrected chi connectivity index (χ1v) is 8.51. The summed E-state index contributed by atoms with van der Waals surface area (Å²) in [7, 11) is 3.22. The van der Waals surface area contributed by atoms with Gasteiger partial charge in [0.05, 0.1) is 13.2 Å². The molecule has 0 fully saturated rings. The van der Waals surface area contributed by atoms with Crippen molar-refractivity contribution in [1.29, 1.82) is 0 Å². The molecule has 0 radical (unpaired) electrons. The molecule has 0 saturated heterocycles. The number of hydrogen-bond acceptors (Lipinski definition) is 6. The average molecular weight is 357 g/mol. The Bertz CT molecular complexity index is 197. The summed E-state index contributed by atoms with van der Waals surface area (Å²) in [6.45, 7) is 0.508. The Morgan fingerprint density at radius 3 is 1.26 bits per heavy atom. The first kappa shape index (κ1) is 20.2. The van der Waals surface area contributed by atoms with Crippen LogP contribution >= 0.6 is 40.4 Å². The SMILES string of the molecule is COP(OC)OCC(CCl)(CCl)COP(OC)OC. The molecule has 10 heteroatoms. The highest BCUT2D eigenvalue weighted by Gasteiger charge is 2.33. The van der Waals surface area contributed by atoms with Gasteiger partial charge >= 0.3 is 17.2 Å². The van der Waals surface area contributed by atoms with Crippen molar-refractivity contribution in [3.63, 3.8) is 0 Å². The van der Waals surface area contributed by atoms with Crippen LogP contribution in [0.2, 0.25) is 0 Å². The molecule has 0 amide bonds. The van der Waals surface area contributed by atoms with E-state index < -0.39 is 22.6 Å². The highest BCUT2D eigenvalue weighted by atomic mass is 35.5. The third-order valence-electron chi connectivity index (χ3n) is 2.12. The fourth-order valence-electron chi connectivity index (χ4n) is 0.971. The van der Waals surface area contributed by atoms with Crippen molar-refractivity contribution in [3.05, 3.63) is 0 Å². The summed E-state index contributed by atoms with van der Waals surface area (Å²) in [5.41, 5.74) is -0.557. The Morgan fingerprint density at radius 2 is 1.05 bits per heavy atom. The maximum absolute atomic E-state index is 5.97. The highest BCUT2D eigenvalue weighted by molar-refractivity contribution is 7.41. The molecule has 0 atom stereocenters. The molecule has 0 bridgehead atoms. The van der Waals surface area contributed by atoms with Crippen LogP contribution in [-0.2, 0) is 27.1 Å². The fourth-order valence-corrected chi connectivity index (χ4v) is 3.04. The van der Waals surface area contributed by atoms with Crippen LogP contribution in [0.25, 0.3) is 0 Å². The second-order valence-electron chi connectivity index (χ2n) is 3.49. The van der Waals surface area contributed by atoms with Crippen molar-refractivity contribution in [3.8, 4) is 0 Å². The molecule has 0 spiro atoms. The van der Waals surface area contributed by atoms with Crippen molar-refractivity contribution < 1.29 is 27.1 Å². The molecule has 0 saturated carbocycles. The van der Waals surface area contributed by atoms with Crippen LogP contribution in [0.1, 0.15) is 0 Å². The predicted octanol–water partition coefficient (Wildman–Crippen LogP) is 3.52. The van der Waals surface area contributed by atoms with Crippen LogP contribution in [0.15, 0.2) is 0 Å². The lowest BCUT2D eigenvalue weighted by Gasteiger charge is -2.30. The van der Waals surface area contributed by atoms with Gasteiger partial charge in [-0.3, -0.25) is 0 Å². The lowest BCUT2D eigenvalue weighted by Crippen LogP contribution is -2.35. The quantitative estimate of drug-likeness (QED) is 0.394. The van der Waals surface area contributed by atoms with E-state index in [0.717, 1.165) is 0 Å². The molecule has 0 N–H and O–H groups in total. The van der Waals surface area contributed by atoms with Crippen LogP contribution in [-0.4, -0.2) is 53.4 Å². The second kappa shape index (κ2) is 11.8. The molecule has 116 valence electrons. The first-order valence-electron chi connectivity index (χ1n) is 5.25. The topological polar surface area (TPSA) is 55.4 Å². The summed E-state index contributed by atoms with van der Waals surface area (Å²) in [5, 5.41) is 0. The lowest BCUT2D eigenvalue weighted by molar-refractivity contribution is 0.0853. The van der Waals surface area contributed by atoms with Crippen molar-refractivity contribution >= 4 is 40.4 Å². The van der Waals surface area contributed by atoms with Gasteiger partial charge in [0, 0.05) is 45.6 Å². The minimum Gasteiger partial charge on any atom is -0.316 e. The highest BCUT2D eigenvalue weighted by Crippen LogP contribution is 2.43. The van der Waals surface area contributed by atoms with E-state index in [4.69, 9.17) is 50.3 Å². The molecule has 0 rings (SSSR count). The minimum absolute atomic E-state index is 0.254. The van der Waals surface area contributed by atoms with Gasteiger partial charge in [-0.05, 0) is 0 Å². The maximum Gasteiger partial charge on any atom is 0.332 e. The number of halogens is 2. The zero-order valence-electron chi connectivity index (χ0n) is 11.4. The van der Waals surface area contributed by atoms with Crippen LogP contribution in [0.3, 0.4) is 0 Å². The molecular formula is C9H20Cl2O6P2. The first-order chi connectivity index (χ1) is 9.11. The standard InChI is InChI=1S/C9H20Cl2O6P2/c1-12-18(13-2)16-7-9(5-10,6-11)8-17-19(14-3)15-4/h5-8H2,1-4H3. The lowest BCUT2D eigenvalue weighted by atomic mass is 9.96. The van der Waals surface area contributed by atoms with E-state index in [-0.39, 0.29) is 25.0 Å². The molecule has 0 aliphatic carbocycles. The summed E-state index contributed by atoms with van der Waals surface area (Å²) >= 11 is 11.9. The van der Waals surface area contributed by atoms with Gasteiger partial charge in [-0.25, -0.2) is 0 Å². The Morgan fingerprint density at radius 1 is 0.737 bits per heavy atom. The van der Waals surface area contributed by atoms with Gasteiger partial charge < -0.3 is 27.1 Å². The molecule has 0 aliphatic heterocycles. The van der Waals surface area contributed by atoms with Crippen molar-refractivity contribution in [1.82, 2.24) is 0 Å². The third kappa shape index (κ3) is 7.68. The van der Waals surface area contributed by atoms with Gasteiger partial charge in [0.2, 0.25) is 0 Å².